The first-order chi connectivity index (χ1) is 11.5. The number of carbonyl (C=O) groups is 1. The number of phenolic OH excluding ortho intramolecular Hbond substituents is 2. The highest BCUT2D eigenvalue weighted by Gasteiger charge is 2.14. The quantitative estimate of drug-likeness (QED) is 0.470. The van der Waals surface area contributed by atoms with Crippen LogP contribution in [0.3, 0.4) is 0 Å². The van der Waals surface area contributed by atoms with Crippen LogP contribution in [0.1, 0.15) is 6.42 Å². The Morgan fingerprint density at radius 2 is 1.42 bits per heavy atom. The molecule has 0 aliphatic heterocycles. The van der Waals surface area contributed by atoms with Gasteiger partial charge in [0.25, 0.3) is 0 Å². The highest BCUT2D eigenvalue weighted by Crippen LogP contribution is 2.25. The van der Waals surface area contributed by atoms with Gasteiger partial charge in [0, 0.05) is 21.3 Å². The van der Waals surface area contributed by atoms with Gasteiger partial charge in [-0.15, -0.1) is 23.5 Å². The van der Waals surface area contributed by atoms with Gasteiger partial charge in [0.1, 0.15) is 17.6 Å². The van der Waals surface area contributed by atoms with Crippen LogP contribution in [0.25, 0.3) is 0 Å². The van der Waals surface area contributed by atoms with Crippen LogP contribution in [0.5, 0.6) is 11.5 Å². The van der Waals surface area contributed by atoms with Gasteiger partial charge >= 0.3 is 6.16 Å². The molecular formula is C17H18O5S2. The number of hydrogen-bond acceptors (Lipinski definition) is 6. The van der Waals surface area contributed by atoms with Crippen LogP contribution >= 0.6 is 23.5 Å². The van der Waals surface area contributed by atoms with Crippen molar-refractivity contribution in [1.82, 2.24) is 0 Å². The zero-order valence-electron chi connectivity index (χ0n) is 12.8. The topological polar surface area (TPSA) is 87.0 Å². The number of ether oxygens (including phenoxy) is 1. The van der Waals surface area contributed by atoms with Crippen LogP contribution in [0.4, 0.5) is 4.79 Å². The second-order valence-corrected chi connectivity index (χ2v) is 7.20. The molecule has 0 fully saturated rings. The Kier molecular flexibility index (Phi) is 7.14. The third-order valence-corrected chi connectivity index (χ3v) is 5.27. The molecule has 7 heteroatoms. The summed E-state index contributed by atoms with van der Waals surface area (Å²) in [4.78, 5) is 12.8. The van der Waals surface area contributed by atoms with Crippen LogP contribution in [0.15, 0.2) is 58.3 Å². The van der Waals surface area contributed by atoms with Crippen LogP contribution in [0, 0.1) is 0 Å². The summed E-state index contributed by atoms with van der Waals surface area (Å²) in [6.07, 6.45) is -1.10. The fourth-order valence-corrected chi connectivity index (χ4v) is 3.79. The Balaban J connectivity index is 1.82. The Morgan fingerprint density at radius 1 is 0.917 bits per heavy atom. The molecule has 0 radical (unpaired) electrons. The van der Waals surface area contributed by atoms with Crippen LogP contribution in [-0.2, 0) is 4.74 Å². The van der Waals surface area contributed by atoms with Gasteiger partial charge in [-0.3, -0.25) is 0 Å². The van der Waals surface area contributed by atoms with Crippen molar-refractivity contribution in [2.24, 2.45) is 0 Å². The minimum Gasteiger partial charge on any atom is -0.508 e. The summed E-state index contributed by atoms with van der Waals surface area (Å²) in [5.41, 5.74) is 0. The molecule has 0 aliphatic carbocycles. The zero-order chi connectivity index (χ0) is 17.4. The Labute approximate surface area is 148 Å². The number of aromatic hydroxyl groups is 2. The van der Waals surface area contributed by atoms with E-state index < -0.39 is 12.3 Å². The fourth-order valence-electron chi connectivity index (χ4n) is 1.90. The first kappa shape index (κ1) is 18.4. The second kappa shape index (κ2) is 9.34. The SMILES string of the molecule is O=C(O)OC(CCSc1ccc(O)cc1)CSc1ccc(O)cc1. The van der Waals surface area contributed by atoms with Crippen molar-refractivity contribution in [2.75, 3.05) is 11.5 Å². The van der Waals surface area contributed by atoms with Gasteiger partial charge in [0.15, 0.2) is 0 Å². The Bertz CT molecular complexity index is 643. The Morgan fingerprint density at radius 3 is 1.92 bits per heavy atom. The van der Waals surface area contributed by atoms with Gasteiger partial charge in [-0.1, -0.05) is 0 Å². The molecule has 0 saturated heterocycles. The maximum absolute atomic E-state index is 10.8. The molecule has 0 amide bonds. The molecule has 0 spiro atoms. The minimum absolute atomic E-state index is 0.197. The predicted molar refractivity (Wildman–Crippen MR) is 95.2 cm³/mol. The Hall–Kier alpha value is -1.99. The van der Waals surface area contributed by atoms with Crippen molar-refractivity contribution in [3.8, 4) is 11.5 Å². The van der Waals surface area contributed by atoms with Crippen molar-refractivity contribution in [3.63, 3.8) is 0 Å². The van der Waals surface area contributed by atoms with E-state index in [1.165, 1.54) is 11.8 Å². The van der Waals surface area contributed by atoms with E-state index in [2.05, 4.69) is 0 Å². The van der Waals surface area contributed by atoms with Gasteiger partial charge in [0.2, 0.25) is 0 Å². The van der Waals surface area contributed by atoms with Gasteiger partial charge < -0.3 is 20.1 Å². The monoisotopic (exact) mass is 366 g/mol. The lowest BCUT2D eigenvalue weighted by molar-refractivity contribution is 0.0599. The van der Waals surface area contributed by atoms with Crippen LogP contribution < -0.4 is 0 Å². The summed E-state index contributed by atoms with van der Waals surface area (Å²) >= 11 is 3.07. The van der Waals surface area contributed by atoms with Gasteiger partial charge in [0.05, 0.1) is 0 Å². The number of phenols is 2. The molecule has 0 bridgehead atoms. The van der Waals surface area contributed by atoms with E-state index in [1.807, 2.05) is 12.1 Å². The van der Waals surface area contributed by atoms with Crippen molar-refractivity contribution in [1.29, 1.82) is 0 Å². The molecule has 3 N–H and O–H groups in total. The molecule has 2 aromatic rings. The van der Waals surface area contributed by atoms with Gasteiger partial charge in [-0.25, -0.2) is 4.79 Å². The standard InChI is InChI=1S/C17H18O5S2/c18-12-1-5-15(6-2-12)23-10-9-14(22-17(20)21)11-24-16-7-3-13(19)4-8-16/h1-8,14,18-19H,9-11H2,(H,20,21). The molecular weight excluding hydrogens is 348 g/mol. The summed E-state index contributed by atoms with van der Waals surface area (Å²) in [7, 11) is 0. The number of benzene rings is 2. The van der Waals surface area contributed by atoms with Gasteiger partial charge in [-0.05, 0) is 55.0 Å². The molecule has 0 saturated carbocycles. The summed E-state index contributed by atoms with van der Waals surface area (Å²) in [5, 5.41) is 27.4. The van der Waals surface area contributed by atoms with E-state index in [4.69, 9.17) is 9.84 Å². The van der Waals surface area contributed by atoms with Crippen molar-refractivity contribution < 1.29 is 24.9 Å². The maximum Gasteiger partial charge on any atom is 0.506 e. The zero-order valence-corrected chi connectivity index (χ0v) is 14.4. The van der Waals surface area contributed by atoms with E-state index in [9.17, 15) is 15.0 Å². The molecule has 128 valence electrons. The average Bonchev–Trinajstić information content (AvgIpc) is 2.55. The van der Waals surface area contributed by atoms with Crippen molar-refractivity contribution >= 4 is 29.7 Å². The second-order valence-electron chi connectivity index (χ2n) is 4.94. The normalized spacial score (nSPS) is 11.8. The number of carboxylic acid groups (broad SMARTS) is 1. The smallest absolute Gasteiger partial charge is 0.506 e. The molecule has 0 aromatic heterocycles. The van der Waals surface area contributed by atoms with E-state index in [-0.39, 0.29) is 11.5 Å². The largest absolute Gasteiger partial charge is 0.508 e. The molecule has 0 heterocycles. The highest BCUT2D eigenvalue weighted by atomic mass is 32.2. The summed E-state index contributed by atoms with van der Waals surface area (Å²) < 4.78 is 4.95. The number of thioether (sulfide) groups is 2. The minimum atomic E-state index is -1.28. The third kappa shape index (κ3) is 6.64. The van der Waals surface area contributed by atoms with Crippen molar-refractivity contribution in [3.05, 3.63) is 48.5 Å². The molecule has 0 aliphatic rings. The van der Waals surface area contributed by atoms with Crippen LogP contribution in [0.2, 0.25) is 0 Å². The predicted octanol–water partition coefficient (Wildman–Crippen LogP) is 4.44. The molecule has 24 heavy (non-hydrogen) atoms. The van der Waals surface area contributed by atoms with E-state index in [0.717, 1.165) is 9.79 Å². The lowest BCUT2D eigenvalue weighted by Gasteiger charge is -2.15. The fraction of sp³-hybridized carbons (Fsp3) is 0.235. The molecule has 1 atom stereocenters. The first-order valence-electron chi connectivity index (χ1n) is 7.26. The average molecular weight is 366 g/mol. The summed E-state index contributed by atoms with van der Waals surface area (Å²) in [5.74, 6) is 1.63. The lowest BCUT2D eigenvalue weighted by Crippen LogP contribution is -2.20. The number of rotatable bonds is 8. The van der Waals surface area contributed by atoms with Crippen molar-refractivity contribution in [2.45, 2.75) is 22.3 Å². The number of hydrogen-bond donors (Lipinski definition) is 3. The molecule has 5 nitrogen and oxygen atoms in total. The maximum atomic E-state index is 10.8. The van der Waals surface area contributed by atoms with Crippen LogP contribution in [-0.4, -0.2) is 39.1 Å². The van der Waals surface area contributed by atoms with E-state index >= 15 is 0 Å². The highest BCUT2D eigenvalue weighted by molar-refractivity contribution is 7.99. The molecule has 1 unspecified atom stereocenters. The lowest BCUT2D eigenvalue weighted by atomic mass is 10.3. The molecule has 2 aromatic carbocycles. The third-order valence-electron chi connectivity index (χ3n) is 3.09. The first-order valence-corrected chi connectivity index (χ1v) is 9.23. The summed E-state index contributed by atoms with van der Waals surface area (Å²) in [6, 6.07) is 13.6. The van der Waals surface area contributed by atoms with Gasteiger partial charge in [-0.2, -0.15) is 0 Å². The molecule has 2 rings (SSSR count). The van der Waals surface area contributed by atoms with E-state index in [1.54, 1.807) is 48.2 Å². The van der Waals surface area contributed by atoms with E-state index in [0.29, 0.717) is 17.9 Å². The summed E-state index contributed by atoms with van der Waals surface area (Å²) in [6.45, 7) is 0.